The van der Waals surface area contributed by atoms with Crippen LogP contribution in [0.25, 0.3) is 11.1 Å². The molecule has 0 aliphatic carbocycles. The number of rotatable bonds is 4. The second kappa shape index (κ2) is 8.16. The standard InChI is InChI=1S/C25H21F2NO4/c1-14-10-18-21(30)12-25(2,13-29)32-22(18)11-17(14)15-6-8-16(9-7-15)28-24(31)23-19(26)4-3-5-20(23)27/h3-11,29H,12-13H2,1-2H3,(H,28,31). The van der Waals surface area contributed by atoms with E-state index in [9.17, 15) is 23.5 Å². The number of halogens is 2. The van der Waals surface area contributed by atoms with Gasteiger partial charge in [-0.15, -0.1) is 0 Å². The van der Waals surface area contributed by atoms with E-state index in [4.69, 9.17) is 4.74 Å². The molecule has 3 aromatic carbocycles. The molecular formula is C25H21F2NO4. The van der Waals surface area contributed by atoms with Crippen LogP contribution in [-0.2, 0) is 0 Å². The van der Waals surface area contributed by atoms with Crippen LogP contribution in [0.4, 0.5) is 14.5 Å². The van der Waals surface area contributed by atoms with E-state index in [2.05, 4.69) is 5.32 Å². The van der Waals surface area contributed by atoms with Crippen LogP contribution >= 0.6 is 0 Å². The Hall–Kier alpha value is -3.58. The minimum atomic E-state index is -0.966. The fourth-order valence-corrected chi connectivity index (χ4v) is 3.77. The third-order valence-electron chi connectivity index (χ3n) is 5.50. The van der Waals surface area contributed by atoms with E-state index in [-0.39, 0.29) is 18.8 Å². The van der Waals surface area contributed by atoms with Crippen LogP contribution in [-0.4, -0.2) is 29.0 Å². The molecule has 1 aliphatic rings. The number of ketones is 1. The van der Waals surface area contributed by atoms with Gasteiger partial charge in [0, 0.05) is 5.69 Å². The fourth-order valence-electron chi connectivity index (χ4n) is 3.77. The molecule has 164 valence electrons. The smallest absolute Gasteiger partial charge is 0.261 e. The maximum absolute atomic E-state index is 13.8. The lowest BCUT2D eigenvalue weighted by molar-refractivity contribution is 0.0109. The molecule has 32 heavy (non-hydrogen) atoms. The molecular weight excluding hydrogens is 416 g/mol. The van der Waals surface area contributed by atoms with Gasteiger partial charge in [0.2, 0.25) is 0 Å². The average molecular weight is 437 g/mol. The Bertz CT molecular complexity index is 1200. The number of nitrogens with one attached hydrogen (secondary N) is 1. The summed E-state index contributed by atoms with van der Waals surface area (Å²) in [4.78, 5) is 24.8. The molecule has 0 bridgehead atoms. The van der Waals surface area contributed by atoms with Gasteiger partial charge in [-0.1, -0.05) is 18.2 Å². The molecule has 1 unspecified atom stereocenters. The predicted octanol–water partition coefficient (Wildman–Crippen LogP) is 4.91. The number of anilines is 1. The first-order chi connectivity index (χ1) is 15.2. The van der Waals surface area contributed by atoms with Crippen LogP contribution in [0.15, 0.2) is 54.6 Å². The van der Waals surface area contributed by atoms with E-state index in [0.29, 0.717) is 17.0 Å². The first-order valence-corrected chi connectivity index (χ1v) is 10.0. The molecule has 5 nitrogen and oxygen atoms in total. The number of benzene rings is 3. The zero-order chi connectivity index (χ0) is 23.0. The van der Waals surface area contributed by atoms with Crippen molar-refractivity contribution < 1.29 is 28.2 Å². The van der Waals surface area contributed by atoms with Gasteiger partial charge < -0.3 is 15.2 Å². The minimum Gasteiger partial charge on any atom is -0.484 e. The number of carbonyl (C=O) groups is 2. The number of carbonyl (C=O) groups excluding carboxylic acids is 2. The lowest BCUT2D eigenvalue weighted by Gasteiger charge is -2.33. The molecule has 1 aliphatic heterocycles. The minimum absolute atomic E-state index is 0.0871. The molecule has 0 fully saturated rings. The third-order valence-corrected chi connectivity index (χ3v) is 5.50. The molecule has 7 heteroatoms. The average Bonchev–Trinajstić information content (AvgIpc) is 2.74. The SMILES string of the molecule is Cc1cc2c(cc1-c1ccc(NC(=O)c3c(F)cccc3F)cc1)OC(C)(CO)CC2=O. The lowest BCUT2D eigenvalue weighted by atomic mass is 9.89. The highest BCUT2D eigenvalue weighted by Crippen LogP contribution is 2.38. The van der Waals surface area contributed by atoms with Gasteiger partial charge in [0.05, 0.1) is 18.6 Å². The highest BCUT2D eigenvalue weighted by atomic mass is 19.1. The van der Waals surface area contributed by atoms with Gasteiger partial charge in [0.25, 0.3) is 5.91 Å². The second-order valence-electron chi connectivity index (χ2n) is 8.10. The van der Waals surface area contributed by atoms with Crippen LogP contribution in [0.2, 0.25) is 0 Å². The lowest BCUT2D eigenvalue weighted by Crippen LogP contribution is -2.42. The number of aliphatic hydroxyl groups excluding tert-OH is 1. The van der Waals surface area contributed by atoms with Crippen LogP contribution in [0.1, 0.15) is 39.6 Å². The maximum Gasteiger partial charge on any atom is 0.261 e. The highest BCUT2D eigenvalue weighted by Gasteiger charge is 2.36. The molecule has 2 N–H and O–H groups in total. The Labute approximate surface area is 183 Å². The molecule has 0 saturated heterocycles. The Morgan fingerprint density at radius 2 is 1.75 bits per heavy atom. The Morgan fingerprint density at radius 3 is 2.38 bits per heavy atom. The molecule has 0 aromatic heterocycles. The number of aryl methyl sites for hydroxylation is 1. The largest absolute Gasteiger partial charge is 0.484 e. The second-order valence-corrected chi connectivity index (χ2v) is 8.10. The van der Waals surface area contributed by atoms with Crippen molar-refractivity contribution in [3.8, 4) is 16.9 Å². The van der Waals surface area contributed by atoms with Crippen molar-refractivity contribution >= 4 is 17.4 Å². The Kier molecular flexibility index (Phi) is 5.52. The van der Waals surface area contributed by atoms with Crippen molar-refractivity contribution in [2.75, 3.05) is 11.9 Å². The van der Waals surface area contributed by atoms with E-state index in [1.165, 1.54) is 6.07 Å². The summed E-state index contributed by atoms with van der Waals surface area (Å²) in [6, 6.07) is 13.5. The third kappa shape index (κ3) is 3.99. The summed E-state index contributed by atoms with van der Waals surface area (Å²) >= 11 is 0. The van der Waals surface area contributed by atoms with E-state index in [1.54, 1.807) is 43.3 Å². The summed E-state index contributed by atoms with van der Waals surface area (Å²) in [5.74, 6) is -2.43. The summed E-state index contributed by atoms with van der Waals surface area (Å²) < 4.78 is 33.6. The molecule has 4 rings (SSSR count). The summed E-state index contributed by atoms with van der Waals surface area (Å²) in [5.41, 5.74) is 1.72. The van der Waals surface area contributed by atoms with Gasteiger partial charge in [0.1, 0.15) is 28.5 Å². The number of hydrogen-bond donors (Lipinski definition) is 2. The number of fused-ring (bicyclic) bond motifs is 1. The number of ether oxygens (including phenoxy) is 1. The van der Waals surface area contributed by atoms with Gasteiger partial charge in [-0.3, -0.25) is 9.59 Å². The number of aliphatic hydroxyl groups is 1. The van der Waals surface area contributed by atoms with Crippen molar-refractivity contribution in [1.29, 1.82) is 0 Å². The van der Waals surface area contributed by atoms with Crippen LogP contribution < -0.4 is 10.1 Å². The van der Waals surface area contributed by atoms with Gasteiger partial charge in [0.15, 0.2) is 5.78 Å². The quantitative estimate of drug-likeness (QED) is 0.608. The van der Waals surface area contributed by atoms with Gasteiger partial charge in [-0.2, -0.15) is 0 Å². The summed E-state index contributed by atoms with van der Waals surface area (Å²) in [6.07, 6.45) is 0.103. The zero-order valence-corrected chi connectivity index (χ0v) is 17.5. The molecule has 1 amide bonds. The molecule has 0 spiro atoms. The topological polar surface area (TPSA) is 75.6 Å². The summed E-state index contributed by atoms with van der Waals surface area (Å²) in [7, 11) is 0. The fraction of sp³-hybridized carbons (Fsp3) is 0.200. The summed E-state index contributed by atoms with van der Waals surface area (Å²) in [5, 5.41) is 12.1. The van der Waals surface area contributed by atoms with E-state index >= 15 is 0 Å². The van der Waals surface area contributed by atoms with Crippen molar-refractivity contribution in [1.82, 2.24) is 0 Å². The molecule has 1 heterocycles. The van der Waals surface area contributed by atoms with Crippen molar-refractivity contribution in [3.63, 3.8) is 0 Å². The Balaban J connectivity index is 1.60. The first-order valence-electron chi connectivity index (χ1n) is 10.0. The molecule has 0 radical (unpaired) electrons. The summed E-state index contributed by atoms with van der Waals surface area (Å²) in [6.45, 7) is 3.28. The number of hydrogen-bond acceptors (Lipinski definition) is 4. The molecule has 0 saturated carbocycles. The molecule has 1 atom stereocenters. The Morgan fingerprint density at radius 1 is 1.09 bits per heavy atom. The first kappa shape index (κ1) is 21.6. The van der Waals surface area contributed by atoms with Crippen molar-refractivity contribution in [2.45, 2.75) is 25.9 Å². The van der Waals surface area contributed by atoms with Gasteiger partial charge in [-0.25, -0.2) is 8.78 Å². The van der Waals surface area contributed by atoms with Crippen LogP contribution in [0.5, 0.6) is 5.75 Å². The highest BCUT2D eigenvalue weighted by molar-refractivity contribution is 6.05. The monoisotopic (exact) mass is 437 g/mol. The zero-order valence-electron chi connectivity index (χ0n) is 17.5. The predicted molar refractivity (Wildman–Crippen MR) is 116 cm³/mol. The van der Waals surface area contributed by atoms with Gasteiger partial charge >= 0.3 is 0 Å². The maximum atomic E-state index is 13.8. The van der Waals surface area contributed by atoms with Crippen LogP contribution in [0.3, 0.4) is 0 Å². The number of Topliss-reactive ketones (excluding diaryl/α,β-unsaturated/α-hetero) is 1. The van der Waals surface area contributed by atoms with Crippen molar-refractivity contribution in [2.24, 2.45) is 0 Å². The van der Waals surface area contributed by atoms with E-state index in [0.717, 1.165) is 28.8 Å². The van der Waals surface area contributed by atoms with E-state index < -0.39 is 28.7 Å². The van der Waals surface area contributed by atoms with Gasteiger partial charge in [-0.05, 0) is 66.9 Å². The molecule has 3 aromatic rings. The number of amides is 1. The van der Waals surface area contributed by atoms with Crippen LogP contribution in [0, 0.1) is 18.6 Å². The van der Waals surface area contributed by atoms with Crippen molar-refractivity contribution in [3.05, 3.63) is 82.9 Å². The van der Waals surface area contributed by atoms with E-state index in [1.807, 2.05) is 6.92 Å². The normalized spacial score (nSPS) is 17.5.